The highest BCUT2D eigenvalue weighted by Gasteiger charge is 1.97. The SMILES string of the molecule is CC.Cc1ncnc2[nH]ncc12.[HH]. The van der Waals surface area contributed by atoms with Crippen LogP contribution in [0.25, 0.3) is 11.0 Å². The number of hydrogen-bond donors (Lipinski definition) is 1. The summed E-state index contributed by atoms with van der Waals surface area (Å²) in [4.78, 5) is 7.98. The Hall–Kier alpha value is -1.45. The van der Waals surface area contributed by atoms with Gasteiger partial charge >= 0.3 is 0 Å². The molecule has 1 N–H and O–H groups in total. The molecule has 0 saturated heterocycles. The minimum absolute atomic E-state index is 0. The summed E-state index contributed by atoms with van der Waals surface area (Å²) in [5, 5.41) is 7.58. The zero-order valence-electron chi connectivity index (χ0n) is 7.50. The highest BCUT2D eigenvalue weighted by molar-refractivity contribution is 5.75. The zero-order valence-corrected chi connectivity index (χ0v) is 7.50. The molecule has 0 aliphatic heterocycles. The van der Waals surface area contributed by atoms with Gasteiger partial charge in [-0.3, -0.25) is 5.10 Å². The van der Waals surface area contributed by atoms with E-state index >= 15 is 0 Å². The Morgan fingerprint density at radius 3 is 2.75 bits per heavy atom. The molecular weight excluding hydrogens is 152 g/mol. The second-order valence-corrected chi connectivity index (χ2v) is 2.09. The van der Waals surface area contributed by atoms with Crippen LogP contribution in [0.2, 0.25) is 0 Å². The van der Waals surface area contributed by atoms with Crippen molar-refractivity contribution in [2.45, 2.75) is 20.8 Å². The Morgan fingerprint density at radius 1 is 1.33 bits per heavy atom. The van der Waals surface area contributed by atoms with E-state index < -0.39 is 0 Å². The molecular formula is C8H14N4. The molecule has 0 aromatic carbocycles. The molecule has 0 bridgehead atoms. The maximum Gasteiger partial charge on any atom is 0.158 e. The molecule has 12 heavy (non-hydrogen) atoms. The molecule has 0 radical (unpaired) electrons. The molecule has 4 nitrogen and oxygen atoms in total. The number of fused-ring (bicyclic) bond motifs is 1. The highest BCUT2D eigenvalue weighted by atomic mass is 15.1. The molecule has 0 fully saturated rings. The molecule has 2 aromatic rings. The lowest BCUT2D eigenvalue weighted by Gasteiger charge is -1.88. The van der Waals surface area contributed by atoms with Crippen LogP contribution in [0.1, 0.15) is 21.0 Å². The second-order valence-electron chi connectivity index (χ2n) is 2.09. The highest BCUT2D eigenvalue weighted by Crippen LogP contribution is 2.08. The van der Waals surface area contributed by atoms with Crippen LogP contribution in [-0.2, 0) is 0 Å². The predicted molar refractivity (Wildman–Crippen MR) is 49.9 cm³/mol. The molecule has 66 valence electrons. The number of rotatable bonds is 0. The van der Waals surface area contributed by atoms with Gasteiger partial charge in [0.2, 0.25) is 0 Å². The van der Waals surface area contributed by atoms with Crippen LogP contribution in [0.4, 0.5) is 0 Å². The maximum atomic E-state index is 4.01. The fourth-order valence-electron chi connectivity index (χ4n) is 0.885. The number of aryl methyl sites for hydroxylation is 1. The van der Waals surface area contributed by atoms with Crippen molar-refractivity contribution in [2.24, 2.45) is 0 Å². The average Bonchev–Trinajstić information content (AvgIpc) is 2.57. The van der Waals surface area contributed by atoms with E-state index in [4.69, 9.17) is 0 Å². The average molecular weight is 166 g/mol. The number of hydrogen-bond acceptors (Lipinski definition) is 3. The summed E-state index contributed by atoms with van der Waals surface area (Å²) in [6, 6.07) is 0. The van der Waals surface area contributed by atoms with E-state index in [2.05, 4.69) is 20.2 Å². The molecule has 0 aliphatic rings. The van der Waals surface area contributed by atoms with Crippen LogP contribution in [0.15, 0.2) is 12.5 Å². The number of nitrogens with zero attached hydrogens (tertiary/aromatic N) is 3. The second kappa shape index (κ2) is 3.80. The Labute approximate surface area is 72.5 Å². The Morgan fingerprint density at radius 2 is 2.08 bits per heavy atom. The van der Waals surface area contributed by atoms with Gasteiger partial charge in [0.05, 0.1) is 17.3 Å². The molecule has 0 saturated carbocycles. The smallest absolute Gasteiger partial charge is 0.158 e. The van der Waals surface area contributed by atoms with Gasteiger partial charge in [0.1, 0.15) is 6.33 Å². The van der Waals surface area contributed by atoms with Gasteiger partial charge in [0.15, 0.2) is 5.65 Å². The van der Waals surface area contributed by atoms with Crippen LogP contribution in [0.3, 0.4) is 0 Å². The Balaban J connectivity index is 0.000000451. The van der Waals surface area contributed by atoms with E-state index in [1.54, 1.807) is 6.20 Å². The van der Waals surface area contributed by atoms with Gasteiger partial charge in [-0.15, -0.1) is 0 Å². The fourth-order valence-corrected chi connectivity index (χ4v) is 0.885. The van der Waals surface area contributed by atoms with Gasteiger partial charge in [-0.1, -0.05) is 13.8 Å². The maximum absolute atomic E-state index is 4.01. The quantitative estimate of drug-likeness (QED) is 0.650. The van der Waals surface area contributed by atoms with Gasteiger partial charge in [-0.05, 0) is 6.92 Å². The molecule has 0 aliphatic carbocycles. The van der Waals surface area contributed by atoms with Gasteiger partial charge in [-0.25, -0.2) is 9.97 Å². The predicted octanol–water partition coefficient (Wildman–Crippen LogP) is 1.93. The van der Waals surface area contributed by atoms with Crippen LogP contribution in [0.5, 0.6) is 0 Å². The van der Waals surface area contributed by atoms with E-state index in [0.29, 0.717) is 0 Å². The summed E-state index contributed by atoms with van der Waals surface area (Å²) in [6.07, 6.45) is 3.25. The van der Waals surface area contributed by atoms with E-state index in [-0.39, 0.29) is 1.43 Å². The third-order valence-corrected chi connectivity index (χ3v) is 1.45. The topological polar surface area (TPSA) is 54.5 Å². The van der Waals surface area contributed by atoms with Crippen LogP contribution >= 0.6 is 0 Å². The van der Waals surface area contributed by atoms with E-state index in [1.807, 2.05) is 20.8 Å². The first kappa shape index (κ1) is 8.64. The monoisotopic (exact) mass is 166 g/mol. The normalized spacial score (nSPS) is 9.25. The lowest BCUT2D eigenvalue weighted by atomic mass is 10.3. The van der Waals surface area contributed by atoms with Crippen molar-refractivity contribution in [2.75, 3.05) is 0 Å². The third-order valence-electron chi connectivity index (χ3n) is 1.45. The van der Waals surface area contributed by atoms with Crippen molar-refractivity contribution in [1.82, 2.24) is 20.2 Å². The van der Waals surface area contributed by atoms with Crippen LogP contribution < -0.4 is 0 Å². The Kier molecular flexibility index (Phi) is 2.74. The summed E-state index contributed by atoms with van der Waals surface area (Å²) < 4.78 is 0. The molecule has 4 heteroatoms. The zero-order chi connectivity index (χ0) is 8.97. The summed E-state index contributed by atoms with van der Waals surface area (Å²) >= 11 is 0. The van der Waals surface area contributed by atoms with E-state index in [1.165, 1.54) is 6.33 Å². The fraction of sp³-hybridized carbons (Fsp3) is 0.375. The Bertz CT molecular complexity index is 358. The van der Waals surface area contributed by atoms with Crippen molar-refractivity contribution in [1.29, 1.82) is 0 Å². The first-order valence-corrected chi connectivity index (χ1v) is 3.98. The van der Waals surface area contributed by atoms with Crippen molar-refractivity contribution in [3.63, 3.8) is 0 Å². The van der Waals surface area contributed by atoms with Crippen molar-refractivity contribution >= 4 is 11.0 Å². The molecule has 0 atom stereocenters. The minimum Gasteiger partial charge on any atom is -0.261 e. The summed E-state index contributed by atoms with van der Waals surface area (Å²) in [5.74, 6) is 0. The molecule has 0 amide bonds. The molecule has 2 heterocycles. The van der Waals surface area contributed by atoms with E-state index in [0.717, 1.165) is 16.7 Å². The molecule has 0 spiro atoms. The minimum atomic E-state index is 0. The van der Waals surface area contributed by atoms with Gasteiger partial charge < -0.3 is 0 Å². The number of aromatic amines is 1. The van der Waals surface area contributed by atoms with Crippen molar-refractivity contribution in [3.05, 3.63) is 18.2 Å². The molecule has 2 aromatic heterocycles. The van der Waals surface area contributed by atoms with Gasteiger partial charge in [-0.2, -0.15) is 5.10 Å². The lowest BCUT2D eigenvalue weighted by Crippen LogP contribution is -1.83. The third kappa shape index (κ3) is 1.42. The largest absolute Gasteiger partial charge is 0.261 e. The van der Waals surface area contributed by atoms with Crippen molar-refractivity contribution in [3.8, 4) is 0 Å². The lowest BCUT2D eigenvalue weighted by molar-refractivity contribution is 1.08. The molecule has 2 rings (SSSR count). The van der Waals surface area contributed by atoms with Gasteiger partial charge in [0.25, 0.3) is 0 Å². The summed E-state index contributed by atoms with van der Waals surface area (Å²) in [5.41, 5.74) is 1.76. The number of H-pyrrole nitrogens is 1. The first-order chi connectivity index (χ1) is 5.88. The molecule has 0 unspecified atom stereocenters. The first-order valence-electron chi connectivity index (χ1n) is 3.98. The van der Waals surface area contributed by atoms with Crippen LogP contribution in [-0.4, -0.2) is 20.2 Å². The van der Waals surface area contributed by atoms with Crippen molar-refractivity contribution < 1.29 is 1.43 Å². The van der Waals surface area contributed by atoms with Gasteiger partial charge in [0, 0.05) is 1.43 Å². The standard InChI is InChI=1S/C6H6N4.C2H6.H2/c1-4-5-2-9-10-6(5)8-3-7-4;1-2;/h2-3H,1H3,(H,7,8,9,10);1-2H3;1H. The van der Waals surface area contributed by atoms with Crippen LogP contribution in [0, 0.1) is 6.92 Å². The van der Waals surface area contributed by atoms with E-state index in [9.17, 15) is 0 Å². The summed E-state index contributed by atoms with van der Waals surface area (Å²) in [7, 11) is 0. The number of nitrogens with one attached hydrogen (secondary N) is 1. The summed E-state index contributed by atoms with van der Waals surface area (Å²) in [6.45, 7) is 5.93. The number of aromatic nitrogens is 4.